The lowest BCUT2D eigenvalue weighted by atomic mass is 9.78. The molecule has 3 amide bonds. The lowest BCUT2D eigenvalue weighted by Crippen LogP contribution is -2.57. The zero-order valence-electron chi connectivity index (χ0n) is 24.7. The van der Waals surface area contributed by atoms with E-state index in [4.69, 9.17) is 11.6 Å². The average molecular weight is 620 g/mol. The summed E-state index contributed by atoms with van der Waals surface area (Å²) in [6, 6.07) is 14.0. The van der Waals surface area contributed by atoms with Crippen molar-refractivity contribution < 1.29 is 19.5 Å². The summed E-state index contributed by atoms with van der Waals surface area (Å²) >= 11 is 8.23. The van der Waals surface area contributed by atoms with Gasteiger partial charge in [-0.15, -0.1) is 11.8 Å². The number of hydrogen-bond acceptors (Lipinski definition) is 5. The summed E-state index contributed by atoms with van der Waals surface area (Å²) in [7, 11) is 0. The van der Waals surface area contributed by atoms with Crippen molar-refractivity contribution in [1.82, 2.24) is 9.80 Å². The second-order valence-electron chi connectivity index (χ2n) is 12.4. The van der Waals surface area contributed by atoms with Crippen LogP contribution in [0, 0.1) is 24.7 Å². The van der Waals surface area contributed by atoms with Crippen molar-refractivity contribution in [2.24, 2.45) is 17.8 Å². The minimum Gasteiger partial charge on any atom is -0.394 e. The van der Waals surface area contributed by atoms with E-state index in [-0.39, 0.29) is 35.5 Å². The van der Waals surface area contributed by atoms with E-state index in [2.05, 4.69) is 6.08 Å². The molecule has 43 heavy (non-hydrogen) atoms. The number of carbonyl (C=O) groups is 3. The maximum atomic E-state index is 14.8. The maximum absolute atomic E-state index is 14.8. The Bertz CT molecular complexity index is 1460. The first-order valence-corrected chi connectivity index (χ1v) is 16.3. The topological polar surface area (TPSA) is 81.2 Å². The summed E-state index contributed by atoms with van der Waals surface area (Å²) in [6.07, 6.45) is 8.57. The summed E-state index contributed by atoms with van der Waals surface area (Å²) in [4.78, 5) is 49.0. The molecule has 1 unspecified atom stereocenters. The second kappa shape index (κ2) is 11.8. The molecular weight excluding hydrogens is 582 g/mol. The SMILES string of the molecule is Cc1cccc(Cl)c1N1CC=C[C@]23S[C@@H]4C=CCN(Cc5ccccc5)C(=O)[C@@H]4[C@H]2C(=O)N([C@@H](CO)CC(C)C)C3C1=O. The van der Waals surface area contributed by atoms with Crippen molar-refractivity contribution in [3.63, 3.8) is 0 Å². The highest BCUT2D eigenvalue weighted by Gasteiger charge is 2.71. The number of aliphatic hydroxyl groups excluding tert-OH is 1. The van der Waals surface area contributed by atoms with Crippen LogP contribution < -0.4 is 4.90 Å². The number of nitrogens with zero attached hydrogens (tertiary/aromatic N) is 3. The molecular formula is C34H38ClN3O4S. The first kappa shape index (κ1) is 30.0. The third-order valence-electron chi connectivity index (χ3n) is 9.20. The van der Waals surface area contributed by atoms with Gasteiger partial charge in [-0.25, -0.2) is 0 Å². The molecule has 1 N–H and O–H groups in total. The van der Waals surface area contributed by atoms with Gasteiger partial charge in [0.2, 0.25) is 11.8 Å². The Morgan fingerprint density at radius 1 is 1.00 bits per heavy atom. The molecule has 0 aliphatic carbocycles. The van der Waals surface area contributed by atoms with E-state index in [1.165, 1.54) is 0 Å². The van der Waals surface area contributed by atoms with E-state index in [9.17, 15) is 19.5 Å². The van der Waals surface area contributed by atoms with Crippen LogP contribution in [0.2, 0.25) is 5.02 Å². The molecule has 4 aliphatic rings. The van der Waals surface area contributed by atoms with Gasteiger partial charge in [0.25, 0.3) is 5.91 Å². The molecule has 0 bridgehead atoms. The number of fused-ring (bicyclic) bond motifs is 2. The normalized spacial score (nSPS) is 29.1. The summed E-state index contributed by atoms with van der Waals surface area (Å²) in [5, 5.41) is 10.8. The van der Waals surface area contributed by atoms with Crippen LogP contribution in [0.25, 0.3) is 0 Å². The van der Waals surface area contributed by atoms with Gasteiger partial charge < -0.3 is 19.8 Å². The van der Waals surface area contributed by atoms with Gasteiger partial charge in [0.05, 0.1) is 39.9 Å². The summed E-state index contributed by atoms with van der Waals surface area (Å²) in [6.45, 7) is 6.94. The number of benzene rings is 2. The minimum atomic E-state index is -0.965. The third-order valence-corrected chi connectivity index (χ3v) is 11.3. The maximum Gasteiger partial charge on any atom is 0.251 e. The molecule has 4 heterocycles. The second-order valence-corrected chi connectivity index (χ2v) is 14.3. The molecule has 0 aromatic heterocycles. The zero-order chi connectivity index (χ0) is 30.5. The number of halogens is 1. The monoisotopic (exact) mass is 619 g/mol. The number of thioether (sulfide) groups is 1. The van der Waals surface area contributed by atoms with E-state index in [1.54, 1.807) is 27.6 Å². The molecule has 226 valence electrons. The van der Waals surface area contributed by atoms with Gasteiger partial charge in [0, 0.05) is 24.9 Å². The molecule has 7 nitrogen and oxygen atoms in total. The Balaban J connectivity index is 1.45. The highest BCUT2D eigenvalue weighted by molar-refractivity contribution is 8.02. The van der Waals surface area contributed by atoms with Gasteiger partial charge in [0.15, 0.2) is 0 Å². The predicted molar refractivity (Wildman–Crippen MR) is 171 cm³/mol. The molecule has 2 fully saturated rings. The molecule has 1 spiro atoms. The van der Waals surface area contributed by atoms with Crippen LogP contribution in [0.3, 0.4) is 0 Å². The van der Waals surface area contributed by atoms with E-state index in [1.807, 2.05) is 86.4 Å². The van der Waals surface area contributed by atoms with Gasteiger partial charge in [-0.3, -0.25) is 14.4 Å². The molecule has 2 aromatic carbocycles. The molecule has 2 aromatic rings. The average Bonchev–Trinajstić information content (AvgIpc) is 3.31. The fourth-order valence-electron chi connectivity index (χ4n) is 7.45. The Morgan fingerprint density at radius 3 is 2.47 bits per heavy atom. The quantitative estimate of drug-likeness (QED) is 0.448. The van der Waals surface area contributed by atoms with E-state index in [0.717, 1.165) is 11.1 Å². The number of rotatable bonds is 7. The van der Waals surface area contributed by atoms with Crippen molar-refractivity contribution in [3.05, 3.63) is 89.0 Å². The van der Waals surface area contributed by atoms with E-state index < -0.39 is 28.7 Å². The number of hydrogen-bond donors (Lipinski definition) is 1. The number of aliphatic hydroxyl groups is 1. The third kappa shape index (κ3) is 5.01. The van der Waals surface area contributed by atoms with E-state index >= 15 is 0 Å². The number of carbonyl (C=O) groups excluding carboxylic acids is 3. The van der Waals surface area contributed by atoms with Crippen molar-refractivity contribution in [2.75, 3.05) is 24.6 Å². The summed E-state index contributed by atoms with van der Waals surface area (Å²) in [5.41, 5.74) is 2.50. The Hall–Kier alpha value is -3.07. The number of para-hydroxylation sites is 1. The van der Waals surface area contributed by atoms with Crippen molar-refractivity contribution in [3.8, 4) is 0 Å². The first-order chi connectivity index (χ1) is 20.7. The van der Waals surface area contributed by atoms with Crippen LogP contribution in [-0.4, -0.2) is 74.4 Å². The van der Waals surface area contributed by atoms with Gasteiger partial charge in [0.1, 0.15) is 6.04 Å². The van der Waals surface area contributed by atoms with Crippen LogP contribution in [0.5, 0.6) is 0 Å². The van der Waals surface area contributed by atoms with Crippen LogP contribution in [0.4, 0.5) is 5.69 Å². The van der Waals surface area contributed by atoms with Crippen molar-refractivity contribution in [2.45, 2.75) is 55.8 Å². The zero-order valence-corrected chi connectivity index (χ0v) is 26.3. The smallest absolute Gasteiger partial charge is 0.251 e. The predicted octanol–water partition coefficient (Wildman–Crippen LogP) is 4.85. The van der Waals surface area contributed by atoms with Crippen molar-refractivity contribution >= 4 is 46.8 Å². The van der Waals surface area contributed by atoms with Crippen LogP contribution in [0.15, 0.2) is 72.8 Å². The lowest BCUT2D eigenvalue weighted by Gasteiger charge is -2.39. The molecule has 9 heteroatoms. The Labute approximate surface area is 262 Å². The van der Waals surface area contributed by atoms with Crippen LogP contribution >= 0.6 is 23.4 Å². The van der Waals surface area contributed by atoms with Gasteiger partial charge in [-0.1, -0.05) is 92.2 Å². The number of anilines is 1. The van der Waals surface area contributed by atoms with Crippen LogP contribution in [-0.2, 0) is 20.9 Å². The highest BCUT2D eigenvalue weighted by Crippen LogP contribution is 2.61. The number of amides is 3. The highest BCUT2D eigenvalue weighted by atomic mass is 35.5. The Kier molecular flexibility index (Phi) is 8.22. The fourth-order valence-corrected chi connectivity index (χ4v) is 9.77. The van der Waals surface area contributed by atoms with Crippen LogP contribution in [0.1, 0.15) is 31.4 Å². The molecule has 6 rings (SSSR count). The minimum absolute atomic E-state index is 0.0736. The molecule has 0 radical (unpaired) electrons. The standard InChI is InChI=1S/C34H38ClN3O4S/c1-21(2)18-24(20-39)38-30-33(42)37(29-22(3)10-7-13-25(29)35)17-9-15-34(30)28(32(38)41)27-26(43-34)14-8-16-36(31(27)40)19-23-11-5-4-6-12-23/h4-15,21,24,26-28,30,39H,16-20H2,1-3H3/t24-,26-,27+,28+,30?,34+/m1/s1. The summed E-state index contributed by atoms with van der Waals surface area (Å²) in [5.74, 6) is -1.73. The molecule has 0 saturated carbocycles. The van der Waals surface area contributed by atoms with Gasteiger partial charge >= 0.3 is 0 Å². The van der Waals surface area contributed by atoms with Gasteiger partial charge in [-0.2, -0.15) is 0 Å². The first-order valence-electron chi connectivity index (χ1n) is 15.0. The van der Waals surface area contributed by atoms with Crippen molar-refractivity contribution in [1.29, 1.82) is 0 Å². The molecule has 6 atom stereocenters. The Morgan fingerprint density at radius 2 is 1.77 bits per heavy atom. The lowest BCUT2D eigenvalue weighted by molar-refractivity contribution is -0.145. The van der Waals surface area contributed by atoms with E-state index in [0.29, 0.717) is 36.8 Å². The largest absolute Gasteiger partial charge is 0.394 e. The fraction of sp³-hybridized carbons (Fsp3) is 0.441. The molecule has 4 aliphatic heterocycles. The summed E-state index contributed by atoms with van der Waals surface area (Å²) < 4.78 is -0.965. The van der Waals surface area contributed by atoms with Gasteiger partial charge in [-0.05, 0) is 36.5 Å². The number of likely N-dealkylation sites (tertiary alicyclic amines) is 1. The molecule has 2 saturated heterocycles. The number of aryl methyl sites for hydroxylation is 1.